The molecule has 24 heteroatoms. The number of aliphatic imine (C=N–C) groups is 1. The smallest absolute Gasteiger partial charge is 0.303 e. The summed E-state index contributed by atoms with van der Waals surface area (Å²) in [6.45, 7) is 16.1. The highest BCUT2D eigenvalue weighted by Gasteiger charge is 2.35. The number of hydrogen-bond acceptors (Lipinski definition) is 12. The van der Waals surface area contributed by atoms with Crippen LogP contribution >= 0.6 is 0 Å². The summed E-state index contributed by atoms with van der Waals surface area (Å²) in [5.41, 5.74) is 23.6. The fourth-order valence-electron chi connectivity index (χ4n) is 7.68. The molecule has 0 aromatic heterocycles. The summed E-state index contributed by atoms with van der Waals surface area (Å²) in [6.07, 6.45) is 1.03. The normalized spacial score (nSPS) is 14.0. The molecule has 0 saturated heterocycles. The van der Waals surface area contributed by atoms with E-state index in [1.165, 1.54) is 6.92 Å². The minimum atomic E-state index is -1.42. The number of benzene rings is 1. The van der Waals surface area contributed by atoms with Crippen LogP contribution in [0.15, 0.2) is 29.3 Å². The Morgan fingerprint density at radius 3 is 1.41 bits per heavy atom. The fourth-order valence-corrected chi connectivity index (χ4v) is 7.68. The van der Waals surface area contributed by atoms with E-state index >= 15 is 0 Å². The number of nitrogens with two attached hydrogens (primary N) is 4. The molecule has 0 saturated carbocycles. The van der Waals surface area contributed by atoms with Gasteiger partial charge in [-0.05, 0) is 93.6 Å². The molecule has 0 aliphatic heterocycles. The SMILES string of the molecule is CC(=O)N[C@@H](CC(C)C)C(=O)N[C@@H](CCC(=O)O)C(=O)N[C@@H](CC(C)C)C(=O)N[C@@H](CC(C)C)C(=O)N[C@@H](CCCN=C(N)N)C(=O)N[C@H](C(=O)N[C@@H](CCCCN)C(=O)NCc1ccc(C(=N)N)cc1)C(C)C. The van der Waals surface area contributed by atoms with Crippen molar-refractivity contribution >= 4 is 65.0 Å². The lowest BCUT2D eigenvalue weighted by molar-refractivity contribution is -0.138. The maximum atomic E-state index is 14.3. The van der Waals surface area contributed by atoms with Crippen molar-refractivity contribution in [2.24, 2.45) is 51.6 Å². The Balaban J connectivity index is 3.48. The standard InChI is InChI=1S/C50H86N14O10/c1-27(2)23-37(58-31(9)65)46(71)60-36(19-20-40(66)67)44(69)62-39(25-29(5)6)48(73)63-38(24-28(3)4)47(72)59-35(14-12-22-56-50(54)55)45(70)64-41(30(7)8)49(74)61-34(13-10-11-21-51)43(68)57-26-32-15-17-33(18-16-32)42(52)53/h15-18,27-30,34-39,41H,10-14,19-26,51H2,1-9H3,(H3,52,53)(H,57,68)(H,58,65)(H,59,72)(H,60,71)(H,61,74)(H,62,69)(H,63,73)(H,64,70)(H,66,67)(H4,54,55,56)/t34-,35-,36-,37-,38-,39-,41-/m0/s1. The average Bonchev–Trinajstić information content (AvgIpc) is 3.30. The summed E-state index contributed by atoms with van der Waals surface area (Å²) < 4.78 is 0. The van der Waals surface area contributed by atoms with Crippen molar-refractivity contribution in [3.8, 4) is 0 Å². The van der Waals surface area contributed by atoms with Gasteiger partial charge in [-0.1, -0.05) is 79.7 Å². The predicted octanol–water partition coefficient (Wildman–Crippen LogP) is -0.158. The second-order valence-electron chi connectivity index (χ2n) is 20.2. The number of amides is 8. The number of hydrogen-bond donors (Lipinski definition) is 14. The summed E-state index contributed by atoms with van der Waals surface area (Å²) in [5, 5.41) is 38.7. The van der Waals surface area contributed by atoms with Crippen LogP contribution in [0.4, 0.5) is 0 Å². The Morgan fingerprint density at radius 2 is 0.973 bits per heavy atom. The van der Waals surface area contributed by atoms with Crippen molar-refractivity contribution in [2.75, 3.05) is 13.1 Å². The summed E-state index contributed by atoms with van der Waals surface area (Å²) in [5.74, 6) is -7.94. The first-order valence-electron chi connectivity index (χ1n) is 25.4. The Kier molecular flexibility index (Phi) is 29.8. The molecule has 416 valence electrons. The second-order valence-corrected chi connectivity index (χ2v) is 20.2. The number of guanidine groups is 1. The third-order valence-electron chi connectivity index (χ3n) is 11.5. The van der Waals surface area contributed by atoms with Crippen molar-refractivity contribution in [1.29, 1.82) is 5.41 Å². The van der Waals surface area contributed by atoms with Crippen LogP contribution in [0.5, 0.6) is 0 Å². The fraction of sp³-hybridized carbons (Fsp3) is 0.660. The van der Waals surface area contributed by atoms with Gasteiger partial charge in [-0.25, -0.2) is 0 Å². The number of carboxylic acids is 1. The van der Waals surface area contributed by atoms with E-state index in [1.807, 2.05) is 27.7 Å². The summed E-state index contributed by atoms with van der Waals surface area (Å²) in [7, 11) is 0. The molecule has 24 nitrogen and oxygen atoms in total. The first kappa shape index (κ1) is 65.2. The average molecular weight is 1040 g/mol. The minimum Gasteiger partial charge on any atom is -0.481 e. The molecule has 0 bridgehead atoms. The van der Waals surface area contributed by atoms with E-state index in [-0.39, 0.29) is 87.6 Å². The molecule has 74 heavy (non-hydrogen) atoms. The van der Waals surface area contributed by atoms with Gasteiger partial charge >= 0.3 is 5.97 Å². The summed E-state index contributed by atoms with van der Waals surface area (Å²) in [4.78, 5) is 125. The van der Waals surface area contributed by atoms with Crippen molar-refractivity contribution < 1.29 is 48.3 Å². The van der Waals surface area contributed by atoms with Gasteiger partial charge in [0.1, 0.15) is 48.1 Å². The number of carboxylic acid groups (broad SMARTS) is 1. The molecule has 18 N–H and O–H groups in total. The van der Waals surface area contributed by atoms with Gasteiger partial charge < -0.3 is 70.6 Å². The van der Waals surface area contributed by atoms with Gasteiger partial charge in [0.15, 0.2) is 5.96 Å². The van der Waals surface area contributed by atoms with E-state index < -0.39 is 108 Å². The monoisotopic (exact) mass is 1040 g/mol. The van der Waals surface area contributed by atoms with Gasteiger partial charge in [-0.2, -0.15) is 0 Å². The number of nitrogen functional groups attached to an aromatic ring is 1. The molecule has 1 aromatic rings. The third kappa shape index (κ3) is 26.2. The van der Waals surface area contributed by atoms with E-state index in [9.17, 15) is 48.3 Å². The van der Waals surface area contributed by atoms with E-state index in [0.717, 1.165) is 5.56 Å². The van der Waals surface area contributed by atoms with Crippen LogP contribution in [0.2, 0.25) is 0 Å². The Hall–Kier alpha value is -6.85. The molecular weight excluding hydrogens is 957 g/mol. The van der Waals surface area contributed by atoms with E-state index in [1.54, 1.807) is 52.0 Å². The number of carbonyl (C=O) groups excluding carboxylic acids is 8. The van der Waals surface area contributed by atoms with Gasteiger partial charge in [0.05, 0.1) is 0 Å². The van der Waals surface area contributed by atoms with E-state index in [0.29, 0.717) is 24.9 Å². The topological polar surface area (TPSA) is 410 Å². The predicted molar refractivity (Wildman–Crippen MR) is 281 cm³/mol. The van der Waals surface area contributed by atoms with Crippen LogP contribution in [-0.4, -0.2) is 126 Å². The van der Waals surface area contributed by atoms with Crippen molar-refractivity contribution in [3.05, 3.63) is 35.4 Å². The molecule has 0 aliphatic carbocycles. The zero-order valence-electron chi connectivity index (χ0n) is 44.7. The summed E-state index contributed by atoms with van der Waals surface area (Å²) in [6, 6.07) is -1.73. The molecular formula is C50H86N14O10. The maximum absolute atomic E-state index is 14.3. The highest BCUT2D eigenvalue weighted by molar-refractivity contribution is 5.98. The van der Waals surface area contributed by atoms with E-state index in [4.69, 9.17) is 28.3 Å². The second kappa shape index (κ2) is 33.8. The van der Waals surface area contributed by atoms with Crippen LogP contribution in [-0.2, 0) is 49.7 Å². The number of unbranched alkanes of at least 4 members (excludes halogenated alkanes) is 1. The molecule has 8 amide bonds. The number of amidine groups is 1. The quantitative estimate of drug-likeness (QED) is 0.0239. The zero-order chi connectivity index (χ0) is 56.2. The van der Waals surface area contributed by atoms with Gasteiger partial charge in [0, 0.05) is 32.0 Å². The van der Waals surface area contributed by atoms with Crippen molar-refractivity contribution in [1.82, 2.24) is 42.5 Å². The van der Waals surface area contributed by atoms with Crippen LogP contribution < -0.4 is 65.5 Å². The van der Waals surface area contributed by atoms with Crippen molar-refractivity contribution in [2.45, 2.75) is 175 Å². The Bertz CT molecular complexity index is 2060. The number of rotatable bonds is 35. The molecule has 1 rings (SSSR count). The van der Waals surface area contributed by atoms with Crippen molar-refractivity contribution in [3.63, 3.8) is 0 Å². The highest BCUT2D eigenvalue weighted by atomic mass is 16.4. The van der Waals surface area contributed by atoms with Crippen LogP contribution in [0.25, 0.3) is 0 Å². The molecule has 0 unspecified atom stereocenters. The molecule has 0 aliphatic rings. The molecule has 1 aromatic carbocycles. The lowest BCUT2D eigenvalue weighted by Gasteiger charge is -2.29. The maximum Gasteiger partial charge on any atom is 0.303 e. The van der Waals surface area contributed by atoms with Crippen LogP contribution in [0.3, 0.4) is 0 Å². The molecule has 0 spiro atoms. The molecule has 0 radical (unpaired) electrons. The summed E-state index contributed by atoms with van der Waals surface area (Å²) >= 11 is 0. The van der Waals surface area contributed by atoms with Gasteiger partial charge in [0.2, 0.25) is 47.3 Å². The van der Waals surface area contributed by atoms with Gasteiger partial charge in [0.25, 0.3) is 0 Å². The molecule has 0 heterocycles. The first-order chi connectivity index (χ1) is 34.6. The molecule has 0 fully saturated rings. The number of nitrogens with one attached hydrogen (secondary N) is 9. The van der Waals surface area contributed by atoms with Gasteiger partial charge in [-0.3, -0.25) is 53.6 Å². The molecule has 7 atom stereocenters. The minimum absolute atomic E-state index is 0.0178. The van der Waals surface area contributed by atoms with E-state index in [2.05, 4.69) is 47.5 Å². The third-order valence-corrected chi connectivity index (χ3v) is 11.5. The van der Waals surface area contributed by atoms with Gasteiger partial charge in [-0.15, -0.1) is 0 Å². The number of carbonyl (C=O) groups is 9. The van der Waals surface area contributed by atoms with Crippen LogP contribution in [0.1, 0.15) is 138 Å². The zero-order valence-corrected chi connectivity index (χ0v) is 44.7. The first-order valence-corrected chi connectivity index (χ1v) is 25.4. The largest absolute Gasteiger partial charge is 0.481 e. The number of aliphatic carboxylic acids is 1. The van der Waals surface area contributed by atoms with Crippen LogP contribution in [0, 0.1) is 29.1 Å². The highest BCUT2D eigenvalue weighted by Crippen LogP contribution is 2.14. The lowest BCUT2D eigenvalue weighted by atomic mass is 9.98. The Labute approximate surface area is 435 Å². The Morgan fingerprint density at radius 1 is 0.554 bits per heavy atom. The lowest BCUT2D eigenvalue weighted by Crippen LogP contribution is -2.60. The number of nitrogens with zero attached hydrogens (tertiary/aromatic N) is 1.